The van der Waals surface area contributed by atoms with Gasteiger partial charge >= 0.3 is 0 Å². The maximum Gasteiger partial charge on any atom is 0.246 e. The molecule has 4 rings (SSSR count). The Morgan fingerprint density at radius 3 is 2.83 bits per heavy atom. The summed E-state index contributed by atoms with van der Waals surface area (Å²) in [5, 5.41) is 0.549. The number of hydrogen-bond donors (Lipinski definition) is 0. The van der Waals surface area contributed by atoms with E-state index in [1.54, 1.807) is 23.2 Å². The predicted molar refractivity (Wildman–Crippen MR) is 128 cm³/mol. The van der Waals surface area contributed by atoms with Crippen molar-refractivity contribution in [3.8, 4) is 0 Å². The minimum absolute atomic E-state index is 0.0773. The number of ketones is 1. The van der Waals surface area contributed by atoms with Gasteiger partial charge in [-0.05, 0) is 18.6 Å². The minimum Gasteiger partial charge on any atom is -0.378 e. The molecule has 3 heterocycles. The van der Waals surface area contributed by atoms with Crippen molar-refractivity contribution in [3.05, 3.63) is 64.7 Å². The number of carbonyl (C=O) groups excluding carboxylic acids is 2. The third kappa shape index (κ3) is 6.54. The standard InChI is InChI=1S/C25H29ClF2N4O3/c1-25(27,28)8-9-30-12-13-35-17-19(30)6-7-24(34)31-10-11-32-21(15-29-23(32)16-31)22(33)14-18-4-2-3-5-20(18)26/h2-7,15,19H,8-14,16-17H2,1H3/b7-6+/t19-/m1/s1. The Hall–Kier alpha value is -2.62. The summed E-state index contributed by atoms with van der Waals surface area (Å²) in [6.07, 6.45) is 4.71. The van der Waals surface area contributed by atoms with E-state index in [0.29, 0.717) is 49.4 Å². The van der Waals surface area contributed by atoms with Crippen LogP contribution in [-0.4, -0.2) is 75.9 Å². The van der Waals surface area contributed by atoms with E-state index in [1.807, 2.05) is 27.7 Å². The molecule has 0 N–H and O–H groups in total. The van der Waals surface area contributed by atoms with E-state index in [4.69, 9.17) is 16.3 Å². The van der Waals surface area contributed by atoms with Crippen LogP contribution in [0.4, 0.5) is 8.78 Å². The predicted octanol–water partition coefficient (Wildman–Crippen LogP) is 3.61. The van der Waals surface area contributed by atoms with E-state index in [-0.39, 0.29) is 43.7 Å². The molecule has 1 fully saturated rings. The highest BCUT2D eigenvalue weighted by atomic mass is 35.5. The molecule has 1 aromatic carbocycles. The Morgan fingerprint density at radius 2 is 2.06 bits per heavy atom. The lowest BCUT2D eigenvalue weighted by atomic mass is 10.1. The van der Waals surface area contributed by atoms with Gasteiger partial charge in [-0.3, -0.25) is 14.5 Å². The van der Waals surface area contributed by atoms with Crippen molar-refractivity contribution >= 4 is 23.3 Å². The van der Waals surface area contributed by atoms with Crippen LogP contribution in [0, 0.1) is 0 Å². The number of ether oxygens (including phenoxy) is 1. The van der Waals surface area contributed by atoms with Crippen LogP contribution in [0.25, 0.3) is 0 Å². The zero-order chi connectivity index (χ0) is 25.0. The summed E-state index contributed by atoms with van der Waals surface area (Å²) in [6, 6.07) is 7.02. The Bertz CT molecular complexity index is 1100. The van der Waals surface area contributed by atoms with Gasteiger partial charge in [0.2, 0.25) is 11.8 Å². The maximum absolute atomic E-state index is 13.3. The van der Waals surface area contributed by atoms with Gasteiger partial charge in [0.15, 0.2) is 5.78 Å². The average molecular weight is 507 g/mol. The van der Waals surface area contributed by atoms with Crippen molar-refractivity contribution < 1.29 is 23.1 Å². The molecule has 0 radical (unpaired) electrons. The van der Waals surface area contributed by atoms with Crippen LogP contribution in [0.2, 0.25) is 5.02 Å². The van der Waals surface area contributed by atoms with E-state index in [9.17, 15) is 18.4 Å². The van der Waals surface area contributed by atoms with Gasteiger partial charge < -0.3 is 14.2 Å². The summed E-state index contributed by atoms with van der Waals surface area (Å²) in [5.41, 5.74) is 1.26. The van der Waals surface area contributed by atoms with Crippen LogP contribution < -0.4 is 0 Å². The highest BCUT2D eigenvalue weighted by Crippen LogP contribution is 2.21. The number of fused-ring (bicyclic) bond motifs is 1. The average Bonchev–Trinajstić information content (AvgIpc) is 3.26. The van der Waals surface area contributed by atoms with E-state index < -0.39 is 5.92 Å². The number of imidazole rings is 1. The molecule has 1 atom stereocenters. The molecule has 2 aliphatic rings. The molecule has 1 aromatic heterocycles. The molecule has 0 aliphatic carbocycles. The third-order valence-electron chi connectivity index (χ3n) is 6.35. The molecule has 0 bridgehead atoms. The third-order valence-corrected chi connectivity index (χ3v) is 6.72. The number of nitrogens with zero attached hydrogens (tertiary/aromatic N) is 4. The highest BCUT2D eigenvalue weighted by molar-refractivity contribution is 6.31. The van der Waals surface area contributed by atoms with Crippen molar-refractivity contribution in [1.29, 1.82) is 0 Å². The van der Waals surface area contributed by atoms with Crippen molar-refractivity contribution in [2.75, 3.05) is 32.8 Å². The molecule has 1 saturated heterocycles. The zero-order valence-electron chi connectivity index (χ0n) is 19.6. The van der Waals surface area contributed by atoms with Crippen LogP contribution >= 0.6 is 11.6 Å². The van der Waals surface area contributed by atoms with Crippen molar-refractivity contribution in [2.24, 2.45) is 0 Å². The Balaban J connectivity index is 1.36. The fourth-order valence-electron chi connectivity index (χ4n) is 4.33. The van der Waals surface area contributed by atoms with E-state index in [0.717, 1.165) is 12.5 Å². The van der Waals surface area contributed by atoms with Gasteiger partial charge in [0.1, 0.15) is 11.5 Å². The molecule has 0 spiro atoms. The number of aromatic nitrogens is 2. The zero-order valence-corrected chi connectivity index (χ0v) is 20.4. The first-order valence-electron chi connectivity index (χ1n) is 11.7. The SMILES string of the molecule is CC(F)(F)CCN1CCOC[C@H]1/C=C/C(=O)N1CCn2c(C(=O)Cc3ccccc3Cl)cnc2C1. The molecular weight excluding hydrogens is 478 g/mol. The molecule has 0 saturated carbocycles. The van der Waals surface area contributed by atoms with Crippen LogP contribution in [0.5, 0.6) is 0 Å². The molecule has 2 aliphatic heterocycles. The minimum atomic E-state index is -2.73. The number of alkyl halides is 2. The maximum atomic E-state index is 13.3. The van der Waals surface area contributed by atoms with Crippen LogP contribution in [0.15, 0.2) is 42.6 Å². The molecule has 1 amide bonds. The van der Waals surface area contributed by atoms with Gasteiger partial charge in [0, 0.05) is 50.1 Å². The first-order valence-corrected chi connectivity index (χ1v) is 12.1. The number of rotatable bonds is 8. The quantitative estimate of drug-likeness (QED) is 0.404. The number of benzene rings is 1. The molecule has 2 aromatic rings. The van der Waals surface area contributed by atoms with Gasteiger partial charge in [0.25, 0.3) is 0 Å². The monoisotopic (exact) mass is 506 g/mol. The van der Waals surface area contributed by atoms with E-state index in [1.165, 1.54) is 6.08 Å². The number of hydrogen-bond acceptors (Lipinski definition) is 5. The first kappa shape index (κ1) is 25.5. The molecule has 0 unspecified atom stereocenters. The second-order valence-corrected chi connectivity index (χ2v) is 9.43. The summed E-state index contributed by atoms with van der Waals surface area (Å²) in [4.78, 5) is 33.7. The summed E-state index contributed by atoms with van der Waals surface area (Å²) < 4.78 is 33.9. The molecule has 188 valence electrons. The molecule has 7 nitrogen and oxygen atoms in total. The number of Topliss-reactive ketones (excluding diaryl/α,β-unsaturated/α-hetero) is 1. The lowest BCUT2D eigenvalue weighted by Crippen LogP contribution is -2.46. The summed E-state index contributed by atoms with van der Waals surface area (Å²) in [5.74, 6) is -2.35. The van der Waals surface area contributed by atoms with E-state index in [2.05, 4.69) is 4.98 Å². The lowest BCUT2D eigenvalue weighted by molar-refractivity contribution is -0.127. The van der Waals surface area contributed by atoms with Crippen LogP contribution in [-0.2, 0) is 29.0 Å². The fourth-order valence-corrected chi connectivity index (χ4v) is 4.53. The summed E-state index contributed by atoms with van der Waals surface area (Å²) in [7, 11) is 0. The number of morpholine rings is 1. The highest BCUT2D eigenvalue weighted by Gasteiger charge is 2.28. The largest absolute Gasteiger partial charge is 0.378 e. The number of amides is 1. The van der Waals surface area contributed by atoms with Gasteiger partial charge in [-0.2, -0.15) is 0 Å². The molecular formula is C25H29ClF2N4O3. The Morgan fingerprint density at radius 1 is 1.26 bits per heavy atom. The second kappa shape index (κ2) is 11.0. The lowest BCUT2D eigenvalue weighted by Gasteiger charge is -2.34. The van der Waals surface area contributed by atoms with Crippen molar-refractivity contribution in [3.63, 3.8) is 0 Å². The second-order valence-electron chi connectivity index (χ2n) is 9.02. The van der Waals surface area contributed by atoms with Gasteiger partial charge in [-0.15, -0.1) is 0 Å². The Kier molecular flexibility index (Phi) is 7.98. The van der Waals surface area contributed by atoms with Crippen molar-refractivity contribution in [2.45, 2.75) is 44.8 Å². The molecule has 35 heavy (non-hydrogen) atoms. The summed E-state index contributed by atoms with van der Waals surface area (Å²) >= 11 is 6.19. The molecule has 10 heteroatoms. The van der Waals surface area contributed by atoms with Crippen LogP contribution in [0.3, 0.4) is 0 Å². The van der Waals surface area contributed by atoms with Crippen LogP contribution in [0.1, 0.15) is 35.2 Å². The van der Waals surface area contributed by atoms with Gasteiger partial charge in [0.05, 0.1) is 32.0 Å². The van der Waals surface area contributed by atoms with Gasteiger partial charge in [-0.25, -0.2) is 13.8 Å². The Labute approximate surface area is 208 Å². The fraction of sp³-hybridized carbons (Fsp3) is 0.480. The number of halogens is 3. The van der Waals surface area contributed by atoms with E-state index >= 15 is 0 Å². The van der Waals surface area contributed by atoms with Crippen molar-refractivity contribution in [1.82, 2.24) is 19.4 Å². The topological polar surface area (TPSA) is 67.7 Å². The van der Waals surface area contributed by atoms with Gasteiger partial charge in [-0.1, -0.05) is 35.9 Å². The summed E-state index contributed by atoms with van der Waals surface area (Å²) in [6.45, 7) is 3.73. The first-order chi connectivity index (χ1) is 16.7. The smallest absolute Gasteiger partial charge is 0.246 e. The number of carbonyl (C=O) groups is 2. The normalized spacial score (nSPS) is 19.2.